The van der Waals surface area contributed by atoms with E-state index in [0.29, 0.717) is 23.6 Å². The summed E-state index contributed by atoms with van der Waals surface area (Å²) in [4.78, 5) is 11.3. The van der Waals surface area contributed by atoms with Gasteiger partial charge in [0.1, 0.15) is 18.1 Å². The van der Waals surface area contributed by atoms with Gasteiger partial charge in [-0.1, -0.05) is 6.07 Å². The third-order valence-corrected chi connectivity index (χ3v) is 3.43. The minimum atomic E-state index is -0.509. The number of amides is 1. The zero-order valence-corrected chi connectivity index (χ0v) is 10.8. The fraction of sp³-hybridized carbons (Fsp3) is 0.214. The molecule has 2 heterocycles. The molecule has 1 aliphatic rings. The Kier molecular flexibility index (Phi) is 2.68. The fourth-order valence-electron chi connectivity index (χ4n) is 2.41. The monoisotopic (exact) mass is 268 g/mol. The van der Waals surface area contributed by atoms with Crippen LogP contribution in [0.25, 0.3) is 0 Å². The van der Waals surface area contributed by atoms with Crippen molar-refractivity contribution in [3.05, 3.63) is 46.8 Å². The minimum Gasteiger partial charge on any atom is -0.492 e. The molecule has 1 aromatic heterocycles. The first-order chi connectivity index (χ1) is 9.60. The molecule has 2 N–H and O–H groups in total. The molecule has 6 nitrogen and oxygen atoms in total. The van der Waals surface area contributed by atoms with Gasteiger partial charge in [-0.25, -0.2) is 0 Å². The van der Waals surface area contributed by atoms with Gasteiger partial charge in [-0.3, -0.25) is 9.48 Å². The number of fused-ring (bicyclic) bond motifs is 1. The highest BCUT2D eigenvalue weighted by Gasteiger charge is 2.29. The lowest BCUT2D eigenvalue weighted by molar-refractivity contribution is 0.0991. The molecule has 0 aliphatic carbocycles. The predicted octanol–water partition coefficient (Wildman–Crippen LogP) is 0.915. The molecule has 1 aliphatic heterocycles. The Bertz CT molecular complexity index is 742. The number of rotatable bonds is 2. The maximum Gasteiger partial charge on any atom is 0.266 e. The molecule has 100 valence electrons. The highest BCUT2D eigenvalue weighted by atomic mass is 16.5. The highest BCUT2D eigenvalue weighted by molar-refractivity contribution is 5.91. The van der Waals surface area contributed by atoms with Crippen LogP contribution < -0.4 is 10.5 Å². The van der Waals surface area contributed by atoms with Crippen LogP contribution >= 0.6 is 0 Å². The molecule has 0 saturated carbocycles. The van der Waals surface area contributed by atoms with Crippen LogP contribution in [0.3, 0.4) is 0 Å². The lowest BCUT2D eigenvalue weighted by Crippen LogP contribution is -2.15. The van der Waals surface area contributed by atoms with Gasteiger partial charge in [0.25, 0.3) is 5.91 Å². The molecule has 1 unspecified atom stereocenters. The highest BCUT2D eigenvalue weighted by Crippen LogP contribution is 2.38. The van der Waals surface area contributed by atoms with Crippen molar-refractivity contribution in [1.29, 1.82) is 5.26 Å². The summed E-state index contributed by atoms with van der Waals surface area (Å²) in [6, 6.07) is 9.09. The molecule has 3 rings (SSSR count). The van der Waals surface area contributed by atoms with E-state index in [9.17, 15) is 4.79 Å². The van der Waals surface area contributed by atoms with Crippen LogP contribution in [0, 0.1) is 11.3 Å². The Labute approximate surface area is 115 Å². The first kappa shape index (κ1) is 12.2. The number of hydrogen-bond acceptors (Lipinski definition) is 4. The van der Waals surface area contributed by atoms with Gasteiger partial charge in [-0.05, 0) is 18.2 Å². The predicted molar refractivity (Wildman–Crippen MR) is 70.2 cm³/mol. The smallest absolute Gasteiger partial charge is 0.266 e. The summed E-state index contributed by atoms with van der Waals surface area (Å²) in [5, 5.41) is 13.2. The molecule has 0 fully saturated rings. The molecule has 2 aromatic rings. The van der Waals surface area contributed by atoms with Gasteiger partial charge in [0, 0.05) is 12.6 Å². The molecular formula is C14H12N4O2. The Morgan fingerprint density at radius 3 is 3.00 bits per heavy atom. The van der Waals surface area contributed by atoms with Crippen LogP contribution in [0.5, 0.6) is 5.75 Å². The number of nitriles is 1. The molecule has 0 spiro atoms. The Morgan fingerprint density at radius 1 is 1.55 bits per heavy atom. The van der Waals surface area contributed by atoms with E-state index >= 15 is 0 Å². The summed E-state index contributed by atoms with van der Waals surface area (Å²) < 4.78 is 7.07. The van der Waals surface area contributed by atoms with E-state index in [1.165, 1.54) is 4.68 Å². The van der Waals surface area contributed by atoms with E-state index < -0.39 is 5.91 Å². The van der Waals surface area contributed by atoms with Gasteiger partial charge in [-0.15, -0.1) is 0 Å². The maximum absolute atomic E-state index is 11.3. The number of aryl methyl sites for hydroxylation is 1. The second-order valence-corrected chi connectivity index (χ2v) is 4.67. The molecule has 20 heavy (non-hydrogen) atoms. The lowest BCUT2D eigenvalue weighted by atomic mass is 9.97. The van der Waals surface area contributed by atoms with Crippen LogP contribution in [0.2, 0.25) is 0 Å². The van der Waals surface area contributed by atoms with Crippen LogP contribution in [0.4, 0.5) is 0 Å². The second-order valence-electron chi connectivity index (χ2n) is 4.67. The average molecular weight is 268 g/mol. The summed E-state index contributed by atoms with van der Waals surface area (Å²) in [5.41, 5.74) is 7.92. The summed E-state index contributed by atoms with van der Waals surface area (Å²) in [6.07, 6.45) is 0. The summed E-state index contributed by atoms with van der Waals surface area (Å²) in [5.74, 6) is 0.141. The summed E-state index contributed by atoms with van der Waals surface area (Å²) in [6.45, 7) is 0.444. The molecule has 0 saturated heterocycles. The normalized spacial score (nSPS) is 16.3. The van der Waals surface area contributed by atoms with E-state index in [2.05, 4.69) is 11.2 Å². The Hall–Kier alpha value is -2.81. The fourth-order valence-corrected chi connectivity index (χ4v) is 2.41. The van der Waals surface area contributed by atoms with Crippen molar-refractivity contribution in [1.82, 2.24) is 9.78 Å². The van der Waals surface area contributed by atoms with E-state index in [4.69, 9.17) is 15.7 Å². The molecule has 0 bridgehead atoms. The van der Waals surface area contributed by atoms with Crippen LogP contribution in [0.1, 0.15) is 33.2 Å². The molecule has 1 amide bonds. The number of ether oxygens (including phenoxy) is 1. The van der Waals surface area contributed by atoms with Crippen LogP contribution in [-0.2, 0) is 7.05 Å². The van der Waals surface area contributed by atoms with Crippen molar-refractivity contribution in [2.75, 3.05) is 6.61 Å². The largest absolute Gasteiger partial charge is 0.492 e. The van der Waals surface area contributed by atoms with Gasteiger partial charge in [-0.2, -0.15) is 10.4 Å². The van der Waals surface area contributed by atoms with E-state index in [1.54, 1.807) is 25.2 Å². The zero-order chi connectivity index (χ0) is 14.3. The van der Waals surface area contributed by atoms with E-state index in [1.807, 2.05) is 6.07 Å². The van der Waals surface area contributed by atoms with Crippen molar-refractivity contribution in [3.8, 4) is 11.8 Å². The summed E-state index contributed by atoms with van der Waals surface area (Å²) in [7, 11) is 1.68. The van der Waals surface area contributed by atoms with Crippen LogP contribution in [-0.4, -0.2) is 22.3 Å². The van der Waals surface area contributed by atoms with Crippen molar-refractivity contribution in [3.63, 3.8) is 0 Å². The first-order valence-corrected chi connectivity index (χ1v) is 6.10. The average Bonchev–Trinajstić information content (AvgIpc) is 3.01. The lowest BCUT2D eigenvalue weighted by Gasteiger charge is -2.04. The number of aromatic nitrogens is 2. The topological polar surface area (TPSA) is 93.9 Å². The number of carbonyl (C=O) groups excluding carboxylic acids is 1. The third-order valence-electron chi connectivity index (χ3n) is 3.43. The zero-order valence-electron chi connectivity index (χ0n) is 10.8. The Morgan fingerprint density at radius 2 is 2.35 bits per heavy atom. The van der Waals surface area contributed by atoms with Gasteiger partial charge >= 0.3 is 0 Å². The minimum absolute atomic E-state index is 0.0444. The van der Waals surface area contributed by atoms with Gasteiger partial charge in [0.15, 0.2) is 0 Å². The Balaban J connectivity index is 2.01. The molecule has 1 aromatic carbocycles. The number of nitrogens with two attached hydrogens (primary N) is 1. The number of primary amides is 1. The maximum atomic E-state index is 11.3. The molecule has 0 radical (unpaired) electrons. The summed E-state index contributed by atoms with van der Waals surface area (Å²) >= 11 is 0. The van der Waals surface area contributed by atoms with Crippen LogP contribution in [0.15, 0.2) is 24.3 Å². The second kappa shape index (κ2) is 4.38. The number of nitrogens with zero attached hydrogens (tertiary/aromatic N) is 3. The van der Waals surface area contributed by atoms with E-state index in [0.717, 1.165) is 11.3 Å². The molecular weight excluding hydrogens is 256 g/mol. The van der Waals surface area contributed by atoms with Crippen molar-refractivity contribution < 1.29 is 9.53 Å². The van der Waals surface area contributed by atoms with Crippen molar-refractivity contribution >= 4 is 5.91 Å². The number of benzene rings is 1. The SMILES string of the molecule is Cn1nc(C2COc3cc(C#N)ccc32)cc1C(N)=O. The third kappa shape index (κ3) is 1.80. The van der Waals surface area contributed by atoms with Gasteiger partial charge in [0.2, 0.25) is 0 Å². The number of hydrogen-bond donors (Lipinski definition) is 1. The molecule has 1 atom stereocenters. The number of carbonyl (C=O) groups is 1. The first-order valence-electron chi connectivity index (χ1n) is 6.10. The van der Waals surface area contributed by atoms with Gasteiger partial charge < -0.3 is 10.5 Å². The standard InChI is InChI=1S/C14H12N4O2/c1-18-12(14(16)19)5-11(17-18)10-7-20-13-4-8(6-15)2-3-9(10)13/h2-5,10H,7H2,1H3,(H2,16,19). The van der Waals surface area contributed by atoms with Gasteiger partial charge in [0.05, 0.1) is 23.2 Å². The molecule has 6 heteroatoms. The van der Waals surface area contributed by atoms with E-state index in [-0.39, 0.29) is 5.92 Å². The quantitative estimate of drug-likeness (QED) is 0.876. The van der Waals surface area contributed by atoms with Crippen molar-refractivity contribution in [2.24, 2.45) is 12.8 Å². The van der Waals surface area contributed by atoms with Crippen molar-refractivity contribution in [2.45, 2.75) is 5.92 Å².